The molecule has 0 saturated carbocycles. The van der Waals surface area contributed by atoms with Crippen LogP contribution in [0.2, 0.25) is 5.02 Å². The molecule has 35 heavy (non-hydrogen) atoms. The SMILES string of the molecule is CN(C)C(=O)CN1Cc2ccc(N3CC[C@@H](Oc4ccc(Cl)c(CCC(=O)O)c4)C3=O)cc2C1=O. The molecule has 184 valence electrons. The molecule has 9 nitrogen and oxygen atoms in total. The summed E-state index contributed by atoms with van der Waals surface area (Å²) < 4.78 is 5.92. The van der Waals surface area contributed by atoms with Gasteiger partial charge in [-0.15, -0.1) is 0 Å². The third-order valence-corrected chi connectivity index (χ3v) is 6.54. The zero-order valence-corrected chi connectivity index (χ0v) is 20.2. The third-order valence-electron chi connectivity index (χ3n) is 6.17. The molecule has 3 amide bonds. The third kappa shape index (κ3) is 5.24. The van der Waals surface area contributed by atoms with E-state index >= 15 is 0 Å². The minimum Gasteiger partial charge on any atom is -0.481 e. The number of aryl methyl sites for hydroxylation is 1. The molecule has 2 aromatic carbocycles. The number of aliphatic carboxylic acids is 1. The number of anilines is 1. The fraction of sp³-hybridized carbons (Fsp3) is 0.360. The van der Waals surface area contributed by atoms with Crippen molar-refractivity contribution < 1.29 is 29.0 Å². The highest BCUT2D eigenvalue weighted by Gasteiger charge is 2.36. The molecule has 0 aromatic heterocycles. The summed E-state index contributed by atoms with van der Waals surface area (Å²) in [5.74, 6) is -1.09. The summed E-state index contributed by atoms with van der Waals surface area (Å²) in [6.45, 7) is 0.789. The maximum absolute atomic E-state index is 13.1. The van der Waals surface area contributed by atoms with E-state index in [2.05, 4.69) is 0 Å². The monoisotopic (exact) mass is 499 g/mol. The molecule has 1 atom stereocenters. The number of fused-ring (bicyclic) bond motifs is 1. The Balaban J connectivity index is 1.44. The molecule has 2 aromatic rings. The van der Waals surface area contributed by atoms with Crippen LogP contribution in [0.1, 0.15) is 34.3 Å². The number of benzene rings is 2. The largest absolute Gasteiger partial charge is 0.481 e. The van der Waals surface area contributed by atoms with Gasteiger partial charge in [-0.2, -0.15) is 0 Å². The average Bonchev–Trinajstić information content (AvgIpc) is 3.33. The van der Waals surface area contributed by atoms with Crippen molar-refractivity contribution in [2.75, 3.05) is 32.1 Å². The number of nitrogens with zero attached hydrogens (tertiary/aromatic N) is 3. The van der Waals surface area contributed by atoms with E-state index in [1.807, 2.05) is 6.07 Å². The summed E-state index contributed by atoms with van der Waals surface area (Å²) in [5, 5.41) is 9.37. The van der Waals surface area contributed by atoms with Gasteiger partial charge in [0.25, 0.3) is 11.8 Å². The van der Waals surface area contributed by atoms with Crippen LogP contribution in [0.3, 0.4) is 0 Å². The van der Waals surface area contributed by atoms with Crippen molar-refractivity contribution in [3.05, 3.63) is 58.1 Å². The van der Waals surface area contributed by atoms with Crippen molar-refractivity contribution >= 4 is 41.0 Å². The minimum absolute atomic E-state index is 0.00392. The number of halogens is 1. The van der Waals surface area contributed by atoms with E-state index in [-0.39, 0.29) is 37.1 Å². The van der Waals surface area contributed by atoms with Crippen LogP contribution in [0.4, 0.5) is 5.69 Å². The van der Waals surface area contributed by atoms with Gasteiger partial charge in [-0.1, -0.05) is 17.7 Å². The van der Waals surface area contributed by atoms with E-state index in [0.717, 1.165) is 5.56 Å². The molecule has 0 bridgehead atoms. The Morgan fingerprint density at radius 2 is 1.94 bits per heavy atom. The maximum atomic E-state index is 13.1. The van der Waals surface area contributed by atoms with Crippen molar-refractivity contribution in [3.63, 3.8) is 0 Å². The zero-order chi connectivity index (χ0) is 25.3. The number of carboxylic acid groups (broad SMARTS) is 1. The second-order valence-electron chi connectivity index (χ2n) is 8.82. The van der Waals surface area contributed by atoms with Crippen LogP contribution in [0, 0.1) is 0 Å². The lowest BCUT2D eigenvalue weighted by molar-refractivity contribution is -0.137. The molecule has 2 heterocycles. The molecule has 1 saturated heterocycles. The quantitative estimate of drug-likeness (QED) is 0.598. The first-order chi connectivity index (χ1) is 16.6. The van der Waals surface area contributed by atoms with Crippen molar-refractivity contribution in [1.82, 2.24) is 9.80 Å². The van der Waals surface area contributed by atoms with Crippen LogP contribution in [-0.2, 0) is 27.3 Å². The Bertz CT molecular complexity index is 1200. The number of hydrogen-bond acceptors (Lipinski definition) is 5. The highest BCUT2D eigenvalue weighted by atomic mass is 35.5. The standard InChI is InChI=1S/C25H26ClN3O6/c1-27(2)22(30)14-28-13-16-3-5-17(12-19(16)24(28)33)29-10-9-21(25(29)34)35-18-6-7-20(26)15(11-18)4-8-23(31)32/h3,5-7,11-12,21H,4,8-10,13-14H2,1-2H3,(H,31,32)/t21-/m1/s1. The van der Waals surface area contributed by atoms with Gasteiger partial charge >= 0.3 is 5.97 Å². The van der Waals surface area contributed by atoms with Crippen molar-refractivity contribution in [3.8, 4) is 5.75 Å². The number of carboxylic acids is 1. The predicted octanol–water partition coefficient (Wildman–Crippen LogP) is 2.59. The Hall–Kier alpha value is -3.59. The second kappa shape index (κ2) is 9.95. The molecule has 10 heteroatoms. The number of ether oxygens (including phenoxy) is 1. The number of amides is 3. The van der Waals surface area contributed by atoms with Crippen molar-refractivity contribution in [2.24, 2.45) is 0 Å². The van der Waals surface area contributed by atoms with Gasteiger partial charge in [0.15, 0.2) is 6.10 Å². The van der Waals surface area contributed by atoms with E-state index in [0.29, 0.717) is 47.1 Å². The summed E-state index contributed by atoms with van der Waals surface area (Å²) in [6.07, 6.45) is -0.0462. The number of carbonyl (C=O) groups is 4. The molecule has 0 unspecified atom stereocenters. The Kier molecular flexibility index (Phi) is 6.98. The van der Waals surface area contributed by atoms with Crippen molar-refractivity contribution in [2.45, 2.75) is 31.9 Å². The van der Waals surface area contributed by atoms with Crippen LogP contribution in [-0.4, -0.2) is 71.9 Å². The van der Waals surface area contributed by atoms with Gasteiger partial charge in [0.05, 0.1) is 0 Å². The zero-order valence-electron chi connectivity index (χ0n) is 19.5. The number of hydrogen-bond donors (Lipinski definition) is 1. The number of carbonyl (C=O) groups excluding carboxylic acids is 3. The van der Waals surface area contributed by atoms with Gasteiger partial charge in [-0.25, -0.2) is 0 Å². The van der Waals surface area contributed by atoms with E-state index < -0.39 is 12.1 Å². The lowest BCUT2D eigenvalue weighted by atomic mass is 10.1. The highest BCUT2D eigenvalue weighted by molar-refractivity contribution is 6.31. The lowest BCUT2D eigenvalue weighted by Crippen LogP contribution is -2.36. The van der Waals surface area contributed by atoms with E-state index in [9.17, 15) is 19.2 Å². The second-order valence-corrected chi connectivity index (χ2v) is 9.23. The van der Waals surface area contributed by atoms with Crippen LogP contribution < -0.4 is 9.64 Å². The van der Waals surface area contributed by atoms with E-state index in [1.54, 1.807) is 49.3 Å². The fourth-order valence-electron chi connectivity index (χ4n) is 4.19. The molecular weight excluding hydrogens is 474 g/mol. The van der Waals surface area contributed by atoms with Gasteiger partial charge in [0, 0.05) is 56.3 Å². The van der Waals surface area contributed by atoms with Crippen LogP contribution in [0.5, 0.6) is 5.75 Å². The molecule has 0 radical (unpaired) electrons. The smallest absolute Gasteiger partial charge is 0.303 e. The number of likely N-dealkylation sites (N-methyl/N-ethyl adjacent to an activating group) is 1. The molecule has 1 N–H and O–H groups in total. The first kappa shape index (κ1) is 24.5. The molecule has 2 aliphatic rings. The summed E-state index contributed by atoms with van der Waals surface area (Å²) in [4.78, 5) is 53.4. The number of rotatable bonds is 8. The molecular formula is C25H26ClN3O6. The normalized spacial score (nSPS) is 17.1. The van der Waals surface area contributed by atoms with Gasteiger partial charge in [-0.05, 0) is 47.9 Å². The summed E-state index contributed by atoms with van der Waals surface area (Å²) in [5.41, 5.74) is 2.56. The topological polar surface area (TPSA) is 107 Å². The predicted molar refractivity (Wildman–Crippen MR) is 129 cm³/mol. The Labute approximate surface area is 207 Å². The van der Waals surface area contributed by atoms with Crippen molar-refractivity contribution in [1.29, 1.82) is 0 Å². The van der Waals surface area contributed by atoms with Gasteiger partial charge in [0.2, 0.25) is 5.91 Å². The summed E-state index contributed by atoms with van der Waals surface area (Å²) in [6, 6.07) is 10.3. The van der Waals surface area contributed by atoms with Gasteiger partial charge in [-0.3, -0.25) is 19.2 Å². The van der Waals surface area contributed by atoms with Crippen LogP contribution in [0.25, 0.3) is 0 Å². The molecule has 0 spiro atoms. The fourth-order valence-corrected chi connectivity index (χ4v) is 4.40. The average molecular weight is 500 g/mol. The Morgan fingerprint density at radius 3 is 2.66 bits per heavy atom. The first-order valence-corrected chi connectivity index (χ1v) is 11.6. The molecule has 1 fully saturated rings. The van der Waals surface area contributed by atoms with E-state index in [1.165, 1.54) is 9.80 Å². The lowest BCUT2D eigenvalue weighted by Gasteiger charge is -2.18. The summed E-state index contributed by atoms with van der Waals surface area (Å²) in [7, 11) is 3.29. The first-order valence-electron chi connectivity index (χ1n) is 11.2. The highest BCUT2D eigenvalue weighted by Crippen LogP contribution is 2.31. The van der Waals surface area contributed by atoms with E-state index in [4.69, 9.17) is 21.4 Å². The van der Waals surface area contributed by atoms with Gasteiger partial charge < -0.3 is 24.5 Å². The molecule has 4 rings (SSSR count). The van der Waals surface area contributed by atoms with Gasteiger partial charge in [0.1, 0.15) is 12.3 Å². The minimum atomic E-state index is -0.922. The van der Waals surface area contributed by atoms with Crippen LogP contribution in [0.15, 0.2) is 36.4 Å². The summed E-state index contributed by atoms with van der Waals surface area (Å²) >= 11 is 6.16. The molecule has 0 aliphatic carbocycles. The maximum Gasteiger partial charge on any atom is 0.303 e. The molecule has 2 aliphatic heterocycles. The Morgan fingerprint density at radius 1 is 1.17 bits per heavy atom. The van der Waals surface area contributed by atoms with Crippen LogP contribution >= 0.6 is 11.6 Å².